The van der Waals surface area contributed by atoms with Gasteiger partial charge in [0.15, 0.2) is 0 Å². The lowest BCUT2D eigenvalue weighted by Crippen LogP contribution is -2.33. The number of rotatable bonds is 10. The second kappa shape index (κ2) is 19.3. The van der Waals surface area contributed by atoms with Gasteiger partial charge in [-0.1, -0.05) is 36.4 Å². The quantitative estimate of drug-likeness (QED) is 0.139. The van der Waals surface area contributed by atoms with E-state index in [9.17, 15) is 32.2 Å². The molecular formula is C41H39ClN6O6S4. The lowest BCUT2D eigenvalue weighted by Gasteiger charge is -2.24. The van der Waals surface area contributed by atoms with Gasteiger partial charge in [0.25, 0.3) is 0 Å². The number of sulfone groups is 2. The number of ether oxygens (including phenoxy) is 1. The highest BCUT2D eigenvalue weighted by molar-refractivity contribution is 7.94. The normalized spacial score (nSPS) is 11.2. The van der Waals surface area contributed by atoms with Crippen LogP contribution in [0, 0.1) is 22.7 Å². The summed E-state index contributed by atoms with van der Waals surface area (Å²) < 4.78 is 58.9. The first-order valence-electron chi connectivity index (χ1n) is 17.3. The molecule has 2 aromatic carbocycles. The van der Waals surface area contributed by atoms with Crippen molar-refractivity contribution >= 4 is 60.8 Å². The SMILES string of the molecule is CN(Cc1cc(-c2cccnc2C#N)c(S(=O)(=O)c2ccccc2)s1)C(=O)OC(C)(C)C.CNCc1cc(-c2cccnc2C#N)c(S(=O)(=O)c2ccccc2)s1.Cl. The van der Waals surface area contributed by atoms with Crippen molar-refractivity contribution in [3.63, 3.8) is 0 Å². The molecule has 4 aromatic heterocycles. The molecule has 6 aromatic rings. The molecule has 0 aliphatic carbocycles. The van der Waals surface area contributed by atoms with Crippen molar-refractivity contribution in [3.8, 4) is 34.4 Å². The number of aromatic nitrogens is 2. The molecule has 0 unspecified atom stereocenters. The zero-order chi connectivity index (χ0) is 41.4. The van der Waals surface area contributed by atoms with E-state index in [4.69, 9.17) is 4.74 Å². The Bertz CT molecular complexity index is 2680. The zero-order valence-electron chi connectivity index (χ0n) is 32.0. The minimum atomic E-state index is -3.86. The Hall–Kier alpha value is -5.46. The van der Waals surface area contributed by atoms with E-state index in [0.29, 0.717) is 33.7 Å². The van der Waals surface area contributed by atoms with Crippen LogP contribution in [-0.4, -0.2) is 57.5 Å². The van der Waals surface area contributed by atoms with Crippen LogP contribution in [0.25, 0.3) is 22.3 Å². The third kappa shape index (κ3) is 10.5. The smallest absolute Gasteiger partial charge is 0.410 e. The Labute approximate surface area is 352 Å². The monoisotopic (exact) mass is 874 g/mol. The molecular weight excluding hydrogens is 836 g/mol. The maximum absolute atomic E-state index is 13.5. The summed E-state index contributed by atoms with van der Waals surface area (Å²) in [5, 5.41) is 21.9. The number of amides is 1. The van der Waals surface area contributed by atoms with Crippen LogP contribution < -0.4 is 5.32 Å². The average molecular weight is 876 g/mol. The van der Waals surface area contributed by atoms with Crippen LogP contribution in [0.15, 0.2) is 128 Å². The number of pyridine rings is 2. The van der Waals surface area contributed by atoms with Crippen LogP contribution in [0.5, 0.6) is 0 Å². The third-order valence-corrected chi connectivity index (χ3v) is 14.8. The number of nitrogens with zero attached hydrogens (tertiary/aromatic N) is 5. The van der Waals surface area contributed by atoms with Crippen LogP contribution in [0.1, 0.15) is 41.9 Å². The molecule has 0 saturated carbocycles. The van der Waals surface area contributed by atoms with E-state index in [2.05, 4.69) is 15.3 Å². The van der Waals surface area contributed by atoms with E-state index < -0.39 is 31.4 Å². The predicted octanol–water partition coefficient (Wildman–Crippen LogP) is 8.54. The van der Waals surface area contributed by atoms with Gasteiger partial charge in [-0.3, -0.25) is 0 Å². The van der Waals surface area contributed by atoms with E-state index in [1.165, 1.54) is 40.8 Å². The summed E-state index contributed by atoms with van der Waals surface area (Å²) in [4.78, 5) is 23.8. The number of nitriles is 2. The summed E-state index contributed by atoms with van der Waals surface area (Å²) in [7, 11) is -4.16. The topological polar surface area (TPSA) is 183 Å². The zero-order valence-corrected chi connectivity index (χ0v) is 36.1. The lowest BCUT2D eigenvalue weighted by atomic mass is 10.1. The van der Waals surface area contributed by atoms with E-state index >= 15 is 0 Å². The average Bonchev–Trinajstić information content (AvgIpc) is 3.84. The van der Waals surface area contributed by atoms with Crippen LogP contribution in [0.2, 0.25) is 0 Å². The van der Waals surface area contributed by atoms with E-state index in [1.807, 2.05) is 18.2 Å². The molecule has 0 bridgehead atoms. The fraction of sp³-hybridized carbons (Fsp3) is 0.195. The first kappa shape index (κ1) is 45.2. The van der Waals surface area contributed by atoms with E-state index in [0.717, 1.165) is 16.2 Å². The minimum absolute atomic E-state index is 0. The van der Waals surface area contributed by atoms with Crippen LogP contribution in [0.4, 0.5) is 4.79 Å². The summed E-state index contributed by atoms with van der Waals surface area (Å²) >= 11 is 2.28. The highest BCUT2D eigenvalue weighted by Gasteiger charge is 2.29. The third-order valence-electron chi connectivity index (χ3n) is 7.95. The predicted molar refractivity (Wildman–Crippen MR) is 226 cm³/mol. The van der Waals surface area contributed by atoms with Crippen molar-refractivity contribution in [1.82, 2.24) is 20.2 Å². The molecule has 4 heterocycles. The van der Waals surface area contributed by atoms with Crippen molar-refractivity contribution in [3.05, 3.63) is 131 Å². The van der Waals surface area contributed by atoms with Gasteiger partial charge < -0.3 is 15.0 Å². The van der Waals surface area contributed by atoms with Gasteiger partial charge in [0.1, 0.15) is 37.5 Å². The van der Waals surface area contributed by atoms with Crippen molar-refractivity contribution < 1.29 is 26.4 Å². The number of halogens is 1. The number of carbonyl (C=O) groups excluding carboxylic acids is 1. The molecule has 1 N–H and O–H groups in total. The standard InChI is InChI=1S/C23H23N3O4S2.C18H15N3O2S2.ClH/c1-23(2,3)30-22(27)26(4)15-16-13-19(18-11-8-12-25-20(18)14-24)21(31-16)32(28,29)17-9-6-5-7-10-17;1-20-12-13-10-16(15-8-5-9-21-17(15)11-19)18(24-13)25(22,23)14-6-3-2-4-7-14;/h5-13H,15H2,1-4H3;2-10,20H,12H2,1H3;1H. The Morgan fingerprint density at radius 1 is 0.724 bits per heavy atom. The molecule has 0 saturated heterocycles. The molecule has 300 valence electrons. The van der Waals surface area contributed by atoms with Gasteiger partial charge in [-0.15, -0.1) is 35.1 Å². The molecule has 17 heteroatoms. The molecule has 0 radical (unpaired) electrons. The molecule has 1 amide bonds. The van der Waals surface area contributed by atoms with Crippen molar-refractivity contribution in [2.45, 2.75) is 57.7 Å². The maximum atomic E-state index is 13.5. The van der Waals surface area contributed by atoms with Crippen molar-refractivity contribution in [1.29, 1.82) is 10.5 Å². The number of benzene rings is 2. The molecule has 12 nitrogen and oxygen atoms in total. The number of thiophene rings is 2. The van der Waals surface area contributed by atoms with Gasteiger partial charge in [0.2, 0.25) is 19.7 Å². The molecule has 0 aliphatic rings. The van der Waals surface area contributed by atoms with Gasteiger partial charge in [-0.25, -0.2) is 31.6 Å². The Morgan fingerprint density at radius 3 is 1.57 bits per heavy atom. The Balaban J connectivity index is 0.000000259. The maximum Gasteiger partial charge on any atom is 0.410 e. The Kier molecular flexibility index (Phi) is 15.1. The highest BCUT2D eigenvalue weighted by atomic mass is 35.5. The molecule has 0 spiro atoms. The molecule has 0 atom stereocenters. The number of carbonyl (C=O) groups is 1. The summed E-state index contributed by atoms with van der Waals surface area (Å²) in [6.07, 6.45) is 2.49. The fourth-order valence-corrected chi connectivity index (χ4v) is 11.8. The molecule has 58 heavy (non-hydrogen) atoms. The van der Waals surface area contributed by atoms with Gasteiger partial charge in [0, 0.05) is 58.0 Å². The second-order valence-corrected chi connectivity index (χ2v) is 19.9. The second-order valence-electron chi connectivity index (χ2n) is 13.4. The Morgan fingerprint density at radius 2 is 1.16 bits per heavy atom. The first-order chi connectivity index (χ1) is 27.1. The fourth-order valence-electron chi connectivity index (χ4n) is 5.44. The molecule has 0 fully saturated rings. The molecule has 6 rings (SSSR count). The summed E-state index contributed by atoms with van der Waals surface area (Å²) in [6.45, 7) is 6.03. The van der Waals surface area contributed by atoms with E-state index in [1.54, 1.807) is 114 Å². The largest absolute Gasteiger partial charge is 0.444 e. The van der Waals surface area contributed by atoms with Gasteiger partial charge in [-0.2, -0.15) is 10.5 Å². The summed E-state index contributed by atoms with van der Waals surface area (Å²) in [5.74, 6) is 0. The number of nitrogens with one attached hydrogen (secondary N) is 1. The lowest BCUT2D eigenvalue weighted by molar-refractivity contribution is 0.0286. The van der Waals surface area contributed by atoms with Crippen LogP contribution >= 0.6 is 35.1 Å². The number of hydrogen-bond acceptors (Lipinski definition) is 13. The highest BCUT2D eigenvalue weighted by Crippen LogP contribution is 2.41. The first-order valence-corrected chi connectivity index (χ1v) is 21.9. The number of hydrogen-bond donors (Lipinski definition) is 1. The van der Waals surface area contributed by atoms with Crippen LogP contribution in [-0.2, 0) is 37.5 Å². The minimum Gasteiger partial charge on any atom is -0.444 e. The molecule has 0 aliphatic heterocycles. The summed E-state index contributed by atoms with van der Waals surface area (Å²) in [5.41, 5.74) is 1.54. The van der Waals surface area contributed by atoms with Gasteiger partial charge in [0.05, 0.1) is 16.3 Å². The summed E-state index contributed by atoms with van der Waals surface area (Å²) in [6, 6.07) is 30.7. The van der Waals surface area contributed by atoms with Crippen LogP contribution in [0.3, 0.4) is 0 Å². The van der Waals surface area contributed by atoms with E-state index in [-0.39, 0.29) is 48.5 Å². The van der Waals surface area contributed by atoms with Gasteiger partial charge in [-0.05, 0) is 88.5 Å². The van der Waals surface area contributed by atoms with Gasteiger partial charge >= 0.3 is 6.09 Å². The van der Waals surface area contributed by atoms with Crippen molar-refractivity contribution in [2.75, 3.05) is 14.1 Å². The van der Waals surface area contributed by atoms with Crippen molar-refractivity contribution in [2.24, 2.45) is 0 Å².